The van der Waals surface area contributed by atoms with Crippen molar-refractivity contribution in [3.63, 3.8) is 0 Å². The highest BCUT2D eigenvalue weighted by atomic mass is 16.3. The molecule has 2 rings (SSSR count). The van der Waals surface area contributed by atoms with Gasteiger partial charge in [-0.3, -0.25) is 0 Å². The summed E-state index contributed by atoms with van der Waals surface area (Å²) in [6.07, 6.45) is 2.02. The normalized spacial score (nSPS) is 20.1. The molecule has 0 aromatic heterocycles. The Hall–Kier alpha value is -1.26. The van der Waals surface area contributed by atoms with Gasteiger partial charge in [0.05, 0.1) is 11.2 Å². The van der Waals surface area contributed by atoms with Crippen molar-refractivity contribution in [3.8, 4) is 5.75 Å². The Morgan fingerprint density at radius 2 is 2.00 bits per heavy atom. The van der Waals surface area contributed by atoms with Crippen LogP contribution < -0.4 is 11.1 Å². The lowest BCUT2D eigenvalue weighted by atomic mass is 9.87. The van der Waals surface area contributed by atoms with E-state index in [9.17, 15) is 5.11 Å². The molecule has 94 valence electrons. The van der Waals surface area contributed by atoms with Gasteiger partial charge in [-0.25, -0.2) is 0 Å². The van der Waals surface area contributed by atoms with E-state index in [4.69, 9.17) is 5.73 Å². The molecule has 0 radical (unpaired) electrons. The zero-order valence-electron chi connectivity index (χ0n) is 10.3. The van der Waals surface area contributed by atoms with E-state index in [0.717, 1.165) is 31.6 Å². The summed E-state index contributed by atoms with van der Waals surface area (Å²) >= 11 is 0. The van der Waals surface area contributed by atoms with Crippen molar-refractivity contribution < 1.29 is 5.11 Å². The minimum absolute atomic E-state index is 0.0780. The Morgan fingerprint density at radius 3 is 2.59 bits per heavy atom. The van der Waals surface area contributed by atoms with E-state index in [2.05, 4.69) is 17.3 Å². The van der Waals surface area contributed by atoms with Crippen molar-refractivity contribution >= 4 is 5.69 Å². The minimum atomic E-state index is -0.0780. The lowest BCUT2D eigenvalue weighted by molar-refractivity contribution is 0.208. The highest BCUT2D eigenvalue weighted by molar-refractivity contribution is 5.57. The SMILES string of the molecule is CN1CCC(CN)(Nc2ccccc2O)CC1. The quantitative estimate of drug-likeness (QED) is 0.690. The zero-order valence-corrected chi connectivity index (χ0v) is 10.3. The zero-order chi connectivity index (χ0) is 12.3. The van der Waals surface area contributed by atoms with Crippen LogP contribution in [-0.4, -0.2) is 42.2 Å². The number of rotatable bonds is 3. The first-order valence-electron chi connectivity index (χ1n) is 6.10. The lowest BCUT2D eigenvalue weighted by Gasteiger charge is -2.41. The molecule has 0 spiro atoms. The number of nitrogens with one attached hydrogen (secondary N) is 1. The van der Waals surface area contributed by atoms with Crippen molar-refractivity contribution in [1.82, 2.24) is 4.90 Å². The van der Waals surface area contributed by atoms with E-state index in [1.165, 1.54) is 0 Å². The molecule has 1 aliphatic heterocycles. The van der Waals surface area contributed by atoms with Crippen molar-refractivity contribution in [1.29, 1.82) is 0 Å². The molecular weight excluding hydrogens is 214 g/mol. The summed E-state index contributed by atoms with van der Waals surface area (Å²) in [7, 11) is 2.13. The predicted octanol–water partition coefficient (Wildman–Crippen LogP) is 1.23. The third-order valence-electron chi connectivity index (χ3n) is 3.64. The van der Waals surface area contributed by atoms with Gasteiger partial charge in [-0.05, 0) is 32.0 Å². The number of aromatic hydroxyl groups is 1. The van der Waals surface area contributed by atoms with Gasteiger partial charge >= 0.3 is 0 Å². The van der Waals surface area contributed by atoms with Gasteiger partial charge in [0.1, 0.15) is 5.75 Å². The second-order valence-corrected chi connectivity index (χ2v) is 4.93. The van der Waals surface area contributed by atoms with Crippen LogP contribution in [0.3, 0.4) is 0 Å². The van der Waals surface area contributed by atoms with Crippen molar-refractivity contribution in [2.45, 2.75) is 18.4 Å². The summed E-state index contributed by atoms with van der Waals surface area (Å²) in [5, 5.41) is 13.2. The second kappa shape index (κ2) is 4.94. The molecule has 0 atom stereocenters. The number of anilines is 1. The van der Waals surface area contributed by atoms with E-state index in [-0.39, 0.29) is 5.54 Å². The molecule has 1 aromatic carbocycles. The molecule has 1 aromatic rings. The second-order valence-electron chi connectivity index (χ2n) is 4.93. The fourth-order valence-electron chi connectivity index (χ4n) is 2.29. The summed E-state index contributed by atoms with van der Waals surface area (Å²) in [4.78, 5) is 2.31. The molecule has 0 unspecified atom stereocenters. The van der Waals surface area contributed by atoms with Crippen molar-refractivity contribution in [2.75, 3.05) is 32.0 Å². The van der Waals surface area contributed by atoms with Crippen LogP contribution in [-0.2, 0) is 0 Å². The summed E-state index contributed by atoms with van der Waals surface area (Å²) in [5.74, 6) is 0.291. The van der Waals surface area contributed by atoms with Gasteiger partial charge in [0.15, 0.2) is 0 Å². The number of phenolic OH excluding ortho intramolecular Hbond substituents is 1. The van der Waals surface area contributed by atoms with Crippen LogP contribution in [0.15, 0.2) is 24.3 Å². The van der Waals surface area contributed by atoms with E-state index in [1.807, 2.05) is 18.2 Å². The Kier molecular flexibility index (Phi) is 3.54. The van der Waals surface area contributed by atoms with Crippen molar-refractivity contribution in [3.05, 3.63) is 24.3 Å². The average Bonchev–Trinajstić information content (AvgIpc) is 2.35. The van der Waals surface area contributed by atoms with Crippen LogP contribution in [0.1, 0.15) is 12.8 Å². The molecule has 4 N–H and O–H groups in total. The van der Waals surface area contributed by atoms with Gasteiger partial charge in [-0.2, -0.15) is 0 Å². The number of hydrogen-bond donors (Lipinski definition) is 3. The van der Waals surface area contributed by atoms with E-state index < -0.39 is 0 Å². The van der Waals surface area contributed by atoms with Crippen LogP contribution >= 0.6 is 0 Å². The third kappa shape index (κ3) is 2.70. The minimum Gasteiger partial charge on any atom is -0.506 e. The number of benzene rings is 1. The monoisotopic (exact) mass is 235 g/mol. The maximum Gasteiger partial charge on any atom is 0.138 e. The number of piperidine rings is 1. The number of hydrogen-bond acceptors (Lipinski definition) is 4. The first-order chi connectivity index (χ1) is 8.15. The number of likely N-dealkylation sites (tertiary alicyclic amines) is 1. The summed E-state index contributed by atoms with van der Waals surface area (Å²) in [6.45, 7) is 2.67. The summed E-state index contributed by atoms with van der Waals surface area (Å²) in [6, 6.07) is 7.33. The average molecular weight is 235 g/mol. The number of nitrogens with zero attached hydrogens (tertiary/aromatic N) is 1. The predicted molar refractivity (Wildman–Crippen MR) is 70.2 cm³/mol. The van der Waals surface area contributed by atoms with Gasteiger partial charge in [0, 0.05) is 19.6 Å². The topological polar surface area (TPSA) is 61.5 Å². The summed E-state index contributed by atoms with van der Waals surface area (Å²) in [5.41, 5.74) is 6.62. The maximum atomic E-state index is 9.79. The molecule has 1 heterocycles. The fraction of sp³-hybridized carbons (Fsp3) is 0.538. The van der Waals surface area contributed by atoms with Crippen LogP contribution in [0.2, 0.25) is 0 Å². The number of para-hydroxylation sites is 2. The fourth-order valence-corrected chi connectivity index (χ4v) is 2.29. The lowest BCUT2D eigenvalue weighted by Crippen LogP contribution is -2.52. The summed E-state index contributed by atoms with van der Waals surface area (Å²) < 4.78 is 0. The highest BCUT2D eigenvalue weighted by Crippen LogP contribution is 2.30. The molecule has 0 saturated carbocycles. The van der Waals surface area contributed by atoms with Gasteiger partial charge in [-0.15, -0.1) is 0 Å². The van der Waals surface area contributed by atoms with Crippen LogP contribution in [0, 0.1) is 0 Å². The molecule has 0 bridgehead atoms. The third-order valence-corrected chi connectivity index (χ3v) is 3.64. The van der Waals surface area contributed by atoms with Gasteiger partial charge in [0.25, 0.3) is 0 Å². The van der Waals surface area contributed by atoms with Gasteiger partial charge < -0.3 is 21.1 Å². The van der Waals surface area contributed by atoms with E-state index >= 15 is 0 Å². The smallest absolute Gasteiger partial charge is 0.138 e. The van der Waals surface area contributed by atoms with E-state index in [0.29, 0.717) is 12.3 Å². The van der Waals surface area contributed by atoms with Crippen LogP contribution in [0.5, 0.6) is 5.75 Å². The molecule has 1 aliphatic rings. The molecule has 0 amide bonds. The highest BCUT2D eigenvalue weighted by Gasteiger charge is 2.32. The van der Waals surface area contributed by atoms with Gasteiger partial charge in [0.2, 0.25) is 0 Å². The molecule has 4 heteroatoms. The molecule has 1 fully saturated rings. The largest absolute Gasteiger partial charge is 0.506 e. The van der Waals surface area contributed by atoms with Crippen LogP contribution in [0.4, 0.5) is 5.69 Å². The Labute approximate surface area is 102 Å². The molecular formula is C13H21N3O. The van der Waals surface area contributed by atoms with Gasteiger partial charge in [-0.1, -0.05) is 12.1 Å². The maximum absolute atomic E-state index is 9.79. The molecule has 1 saturated heterocycles. The molecule has 4 nitrogen and oxygen atoms in total. The molecule has 17 heavy (non-hydrogen) atoms. The molecule has 0 aliphatic carbocycles. The van der Waals surface area contributed by atoms with Crippen LogP contribution in [0.25, 0.3) is 0 Å². The first-order valence-corrected chi connectivity index (χ1v) is 6.10. The Balaban J connectivity index is 2.12. The van der Waals surface area contributed by atoms with Crippen molar-refractivity contribution in [2.24, 2.45) is 5.73 Å². The Bertz CT molecular complexity index is 373. The first kappa shape index (κ1) is 12.2. The number of phenols is 1. The standard InChI is InChI=1S/C13H21N3O/c1-16-8-6-13(10-14,7-9-16)15-11-4-2-3-5-12(11)17/h2-5,15,17H,6-10,14H2,1H3. The van der Waals surface area contributed by atoms with E-state index in [1.54, 1.807) is 6.07 Å². The Morgan fingerprint density at radius 1 is 1.35 bits per heavy atom. The number of nitrogens with two attached hydrogens (primary N) is 1.